The summed E-state index contributed by atoms with van der Waals surface area (Å²) in [4.78, 5) is 0. The summed E-state index contributed by atoms with van der Waals surface area (Å²) in [5.74, 6) is 0.543. The predicted octanol–water partition coefficient (Wildman–Crippen LogP) is 4.93. The van der Waals surface area contributed by atoms with E-state index in [-0.39, 0.29) is 0 Å². The SMILES string of the molecule is CCCC(c1ccccc1)c1cccc(C)c1. The molecule has 0 aliphatic carbocycles. The van der Waals surface area contributed by atoms with Gasteiger partial charge in [-0.05, 0) is 24.5 Å². The molecule has 0 bridgehead atoms. The van der Waals surface area contributed by atoms with Crippen LogP contribution in [0.3, 0.4) is 0 Å². The molecule has 0 aliphatic rings. The molecule has 2 aromatic carbocycles. The molecule has 1 unspecified atom stereocenters. The summed E-state index contributed by atoms with van der Waals surface area (Å²) < 4.78 is 0. The number of benzene rings is 2. The summed E-state index contributed by atoms with van der Waals surface area (Å²) in [6.45, 7) is 4.42. The Hall–Kier alpha value is -1.56. The van der Waals surface area contributed by atoms with Gasteiger partial charge in [0, 0.05) is 5.92 Å². The first-order chi connectivity index (χ1) is 8.31. The van der Waals surface area contributed by atoms with E-state index in [9.17, 15) is 0 Å². The van der Waals surface area contributed by atoms with E-state index >= 15 is 0 Å². The van der Waals surface area contributed by atoms with Crippen LogP contribution in [0.4, 0.5) is 0 Å². The monoisotopic (exact) mass is 224 g/mol. The van der Waals surface area contributed by atoms with Gasteiger partial charge in [-0.25, -0.2) is 0 Å². The van der Waals surface area contributed by atoms with Crippen LogP contribution in [0, 0.1) is 6.92 Å². The third kappa shape index (κ3) is 2.97. The number of aryl methyl sites for hydroxylation is 1. The molecule has 0 saturated heterocycles. The molecule has 0 aromatic heterocycles. The molecule has 17 heavy (non-hydrogen) atoms. The molecule has 0 heteroatoms. The Kier molecular flexibility index (Phi) is 3.98. The van der Waals surface area contributed by atoms with Gasteiger partial charge in [0.15, 0.2) is 0 Å². The first-order valence-electron chi connectivity index (χ1n) is 6.42. The maximum absolute atomic E-state index is 2.31. The summed E-state index contributed by atoms with van der Waals surface area (Å²) in [5.41, 5.74) is 4.22. The van der Waals surface area contributed by atoms with Crippen LogP contribution in [0.25, 0.3) is 0 Å². The summed E-state index contributed by atoms with van der Waals surface area (Å²) in [6, 6.07) is 19.7. The third-order valence-corrected chi connectivity index (χ3v) is 3.22. The van der Waals surface area contributed by atoms with E-state index in [1.54, 1.807) is 0 Å². The second kappa shape index (κ2) is 5.67. The van der Waals surface area contributed by atoms with Crippen LogP contribution in [-0.4, -0.2) is 0 Å². The van der Waals surface area contributed by atoms with Gasteiger partial charge < -0.3 is 0 Å². The van der Waals surface area contributed by atoms with Crippen molar-refractivity contribution in [3.05, 3.63) is 71.3 Å². The van der Waals surface area contributed by atoms with E-state index in [1.165, 1.54) is 29.5 Å². The zero-order valence-electron chi connectivity index (χ0n) is 10.7. The van der Waals surface area contributed by atoms with E-state index in [4.69, 9.17) is 0 Å². The summed E-state index contributed by atoms with van der Waals surface area (Å²) in [5, 5.41) is 0. The van der Waals surface area contributed by atoms with Crippen LogP contribution >= 0.6 is 0 Å². The molecule has 0 nitrogen and oxygen atoms in total. The lowest BCUT2D eigenvalue weighted by Gasteiger charge is -2.17. The molecule has 0 fully saturated rings. The van der Waals surface area contributed by atoms with Crippen molar-refractivity contribution in [2.24, 2.45) is 0 Å². The Labute approximate surface area is 104 Å². The zero-order chi connectivity index (χ0) is 12.1. The molecule has 1 atom stereocenters. The normalized spacial score (nSPS) is 12.4. The Morgan fingerprint density at radius 1 is 0.882 bits per heavy atom. The van der Waals surface area contributed by atoms with Crippen LogP contribution in [-0.2, 0) is 0 Å². The topological polar surface area (TPSA) is 0 Å². The average molecular weight is 224 g/mol. The van der Waals surface area contributed by atoms with Crippen molar-refractivity contribution < 1.29 is 0 Å². The van der Waals surface area contributed by atoms with Gasteiger partial charge in [0.05, 0.1) is 0 Å². The Morgan fingerprint density at radius 3 is 2.24 bits per heavy atom. The Balaban J connectivity index is 2.35. The molecule has 2 rings (SSSR count). The molecular weight excluding hydrogens is 204 g/mol. The fourth-order valence-electron chi connectivity index (χ4n) is 2.39. The van der Waals surface area contributed by atoms with E-state index in [0.717, 1.165) is 0 Å². The highest BCUT2D eigenvalue weighted by Crippen LogP contribution is 2.29. The largest absolute Gasteiger partial charge is 0.0653 e. The van der Waals surface area contributed by atoms with Gasteiger partial charge in [-0.1, -0.05) is 73.5 Å². The Bertz CT molecular complexity index is 456. The van der Waals surface area contributed by atoms with Crippen molar-refractivity contribution >= 4 is 0 Å². The molecule has 0 saturated carbocycles. The highest BCUT2D eigenvalue weighted by molar-refractivity contribution is 5.34. The van der Waals surface area contributed by atoms with Gasteiger partial charge in [0.2, 0.25) is 0 Å². The molecular formula is C17H20. The number of hydrogen-bond acceptors (Lipinski definition) is 0. The van der Waals surface area contributed by atoms with Crippen molar-refractivity contribution in [3.8, 4) is 0 Å². The highest BCUT2D eigenvalue weighted by Gasteiger charge is 2.12. The second-order valence-corrected chi connectivity index (χ2v) is 4.67. The fourth-order valence-corrected chi connectivity index (χ4v) is 2.39. The number of hydrogen-bond donors (Lipinski definition) is 0. The lowest BCUT2D eigenvalue weighted by molar-refractivity contribution is 0.698. The standard InChI is InChI=1S/C17H20/c1-3-8-17(15-10-5-4-6-11-15)16-12-7-9-14(2)13-16/h4-7,9-13,17H,3,8H2,1-2H3. The van der Waals surface area contributed by atoms with Gasteiger partial charge in [-0.15, -0.1) is 0 Å². The van der Waals surface area contributed by atoms with Crippen LogP contribution in [0.1, 0.15) is 42.4 Å². The minimum absolute atomic E-state index is 0.543. The molecule has 0 heterocycles. The lowest BCUT2D eigenvalue weighted by atomic mass is 9.87. The van der Waals surface area contributed by atoms with Gasteiger partial charge in [-0.3, -0.25) is 0 Å². The van der Waals surface area contributed by atoms with Gasteiger partial charge in [-0.2, -0.15) is 0 Å². The van der Waals surface area contributed by atoms with Crippen molar-refractivity contribution in [3.63, 3.8) is 0 Å². The average Bonchev–Trinajstić information content (AvgIpc) is 2.37. The summed E-state index contributed by atoms with van der Waals surface area (Å²) in [7, 11) is 0. The van der Waals surface area contributed by atoms with E-state index in [0.29, 0.717) is 5.92 Å². The zero-order valence-corrected chi connectivity index (χ0v) is 10.7. The van der Waals surface area contributed by atoms with E-state index in [1.807, 2.05) is 0 Å². The van der Waals surface area contributed by atoms with Crippen molar-refractivity contribution in [1.29, 1.82) is 0 Å². The molecule has 0 radical (unpaired) electrons. The summed E-state index contributed by atoms with van der Waals surface area (Å²) in [6.07, 6.45) is 2.43. The molecule has 0 aliphatic heterocycles. The lowest BCUT2D eigenvalue weighted by Crippen LogP contribution is -2.00. The van der Waals surface area contributed by atoms with E-state index < -0.39 is 0 Å². The highest BCUT2D eigenvalue weighted by atomic mass is 14.2. The molecule has 0 N–H and O–H groups in total. The van der Waals surface area contributed by atoms with Crippen molar-refractivity contribution in [2.45, 2.75) is 32.6 Å². The second-order valence-electron chi connectivity index (χ2n) is 4.67. The molecule has 0 amide bonds. The fraction of sp³-hybridized carbons (Fsp3) is 0.294. The predicted molar refractivity (Wildman–Crippen MR) is 74.4 cm³/mol. The maximum Gasteiger partial charge on any atom is 0.00893 e. The van der Waals surface area contributed by atoms with Crippen molar-refractivity contribution in [1.82, 2.24) is 0 Å². The minimum atomic E-state index is 0.543. The third-order valence-electron chi connectivity index (χ3n) is 3.22. The number of rotatable bonds is 4. The molecule has 88 valence electrons. The van der Waals surface area contributed by atoms with Crippen LogP contribution < -0.4 is 0 Å². The van der Waals surface area contributed by atoms with Crippen LogP contribution in [0.2, 0.25) is 0 Å². The summed E-state index contributed by atoms with van der Waals surface area (Å²) >= 11 is 0. The molecule has 2 aromatic rings. The first-order valence-corrected chi connectivity index (χ1v) is 6.42. The van der Waals surface area contributed by atoms with Crippen LogP contribution in [0.5, 0.6) is 0 Å². The van der Waals surface area contributed by atoms with Gasteiger partial charge >= 0.3 is 0 Å². The Morgan fingerprint density at radius 2 is 1.59 bits per heavy atom. The maximum atomic E-state index is 2.31. The van der Waals surface area contributed by atoms with Crippen LogP contribution in [0.15, 0.2) is 54.6 Å². The smallest absolute Gasteiger partial charge is 0.00893 e. The quantitative estimate of drug-likeness (QED) is 0.691. The first kappa shape index (κ1) is 11.9. The minimum Gasteiger partial charge on any atom is -0.0653 e. The molecule has 0 spiro atoms. The van der Waals surface area contributed by atoms with E-state index in [2.05, 4.69) is 68.4 Å². The van der Waals surface area contributed by atoms with Gasteiger partial charge in [0.25, 0.3) is 0 Å². The van der Waals surface area contributed by atoms with Gasteiger partial charge in [0.1, 0.15) is 0 Å². The van der Waals surface area contributed by atoms with Crippen molar-refractivity contribution in [2.75, 3.05) is 0 Å².